The zero-order valence-electron chi connectivity index (χ0n) is 17.6. The molecule has 0 bridgehead atoms. The Bertz CT molecular complexity index is 718. The first-order valence-electron chi connectivity index (χ1n) is 10.6. The number of hydrogen-bond acceptors (Lipinski definition) is 5. The van der Waals surface area contributed by atoms with Crippen molar-refractivity contribution < 1.29 is 14.3 Å². The van der Waals surface area contributed by atoms with Crippen molar-refractivity contribution >= 4 is 23.7 Å². The van der Waals surface area contributed by atoms with E-state index in [1.54, 1.807) is 4.90 Å². The van der Waals surface area contributed by atoms with Gasteiger partial charge in [-0.05, 0) is 31.4 Å². The van der Waals surface area contributed by atoms with Crippen molar-refractivity contribution in [2.45, 2.75) is 31.8 Å². The van der Waals surface area contributed by atoms with Gasteiger partial charge in [0.25, 0.3) is 0 Å². The van der Waals surface area contributed by atoms with Gasteiger partial charge in [-0.25, -0.2) is 4.79 Å². The number of piperidine rings is 1. The molecule has 1 amide bonds. The van der Waals surface area contributed by atoms with E-state index in [0.717, 1.165) is 36.5 Å². The summed E-state index contributed by atoms with van der Waals surface area (Å²) in [5.41, 5.74) is 7.25. The summed E-state index contributed by atoms with van der Waals surface area (Å²) in [5, 5.41) is 4.05. The van der Waals surface area contributed by atoms with Crippen LogP contribution in [0.5, 0.6) is 0 Å². The number of benzene rings is 1. The maximum atomic E-state index is 11.8. The average Bonchev–Trinajstić information content (AvgIpc) is 2.76. The van der Waals surface area contributed by atoms with Gasteiger partial charge in [-0.2, -0.15) is 0 Å². The van der Waals surface area contributed by atoms with E-state index in [9.17, 15) is 4.79 Å². The molecule has 0 aromatic heterocycles. The molecule has 1 unspecified atom stereocenters. The molecular formula is C21H32ClN5O3. The molecule has 0 aliphatic carbocycles. The van der Waals surface area contributed by atoms with E-state index in [1.165, 1.54) is 0 Å². The smallest absolute Gasteiger partial charge is 0.409 e. The van der Waals surface area contributed by atoms with Gasteiger partial charge in [-0.15, -0.1) is 0 Å². The number of halogens is 1. The molecule has 2 aliphatic heterocycles. The second kappa shape index (κ2) is 11.4. The highest BCUT2D eigenvalue weighted by Gasteiger charge is 2.26. The second-order valence-corrected chi connectivity index (χ2v) is 7.92. The van der Waals surface area contributed by atoms with Crippen molar-refractivity contribution in [3.63, 3.8) is 0 Å². The molecule has 0 spiro atoms. The molecule has 3 N–H and O–H groups in total. The molecule has 2 fully saturated rings. The molecule has 2 saturated heterocycles. The number of rotatable bonds is 6. The normalized spacial score (nSPS) is 20.1. The topological polar surface area (TPSA) is 92.4 Å². The summed E-state index contributed by atoms with van der Waals surface area (Å²) in [5.74, 6) is 0.426. The zero-order chi connectivity index (χ0) is 21.3. The number of nitrogens with one attached hydrogen (secondary N) is 1. The number of ether oxygens (including phenoxy) is 2. The Balaban J connectivity index is 1.57. The van der Waals surface area contributed by atoms with Gasteiger partial charge in [0.05, 0.1) is 32.4 Å². The number of likely N-dealkylation sites (tertiary alicyclic amines) is 1. The highest BCUT2D eigenvalue weighted by atomic mass is 35.5. The molecule has 0 saturated carbocycles. The third kappa shape index (κ3) is 6.23. The Morgan fingerprint density at radius 2 is 2.00 bits per heavy atom. The van der Waals surface area contributed by atoms with E-state index in [2.05, 4.69) is 15.2 Å². The molecule has 1 aromatic rings. The summed E-state index contributed by atoms with van der Waals surface area (Å²) in [6.07, 6.45) is 1.38. The lowest BCUT2D eigenvalue weighted by molar-refractivity contribution is 0.0180. The lowest BCUT2D eigenvalue weighted by Crippen LogP contribution is -2.48. The molecule has 1 aromatic carbocycles. The summed E-state index contributed by atoms with van der Waals surface area (Å²) in [6, 6.07) is 8.14. The number of nitrogens with zero attached hydrogens (tertiary/aromatic N) is 3. The first-order valence-corrected chi connectivity index (χ1v) is 11.0. The van der Waals surface area contributed by atoms with E-state index in [1.807, 2.05) is 31.2 Å². The second-order valence-electron chi connectivity index (χ2n) is 7.52. The maximum absolute atomic E-state index is 11.8. The van der Waals surface area contributed by atoms with Crippen LogP contribution >= 0.6 is 11.6 Å². The van der Waals surface area contributed by atoms with Gasteiger partial charge >= 0.3 is 6.09 Å². The summed E-state index contributed by atoms with van der Waals surface area (Å²) in [4.78, 5) is 20.5. The van der Waals surface area contributed by atoms with Crippen molar-refractivity contribution in [3.05, 3.63) is 34.9 Å². The minimum Gasteiger partial charge on any atom is -0.450 e. The minimum absolute atomic E-state index is 0.0496. The van der Waals surface area contributed by atoms with Gasteiger partial charge in [0.1, 0.15) is 0 Å². The molecule has 2 aliphatic rings. The Morgan fingerprint density at radius 3 is 2.67 bits per heavy atom. The maximum Gasteiger partial charge on any atom is 0.409 e. The molecular weight excluding hydrogens is 406 g/mol. The SMILES string of the molecule is CCOC(=O)N1CCC(NC(N)=NCC(c2ccccc2Cl)N2CCOCC2)CC1. The Kier molecular flexibility index (Phi) is 8.60. The number of amides is 1. The van der Waals surface area contributed by atoms with Gasteiger partial charge in [0.15, 0.2) is 5.96 Å². The van der Waals surface area contributed by atoms with Crippen LogP contribution in [-0.4, -0.2) is 80.4 Å². The summed E-state index contributed by atoms with van der Waals surface area (Å²) >= 11 is 6.48. The van der Waals surface area contributed by atoms with E-state index in [-0.39, 0.29) is 18.2 Å². The quantitative estimate of drug-likeness (QED) is 0.523. The monoisotopic (exact) mass is 437 g/mol. The van der Waals surface area contributed by atoms with Crippen LogP contribution in [0.15, 0.2) is 29.3 Å². The number of morpholine rings is 1. The van der Waals surface area contributed by atoms with Crippen molar-refractivity contribution in [3.8, 4) is 0 Å². The number of hydrogen-bond donors (Lipinski definition) is 2. The van der Waals surface area contributed by atoms with Crippen molar-refractivity contribution in [2.75, 3.05) is 52.5 Å². The third-order valence-electron chi connectivity index (χ3n) is 5.56. The van der Waals surface area contributed by atoms with Crippen LogP contribution in [0.1, 0.15) is 31.4 Å². The number of carbonyl (C=O) groups excluding carboxylic acids is 1. The fraction of sp³-hybridized carbons (Fsp3) is 0.619. The van der Waals surface area contributed by atoms with E-state index < -0.39 is 0 Å². The van der Waals surface area contributed by atoms with Gasteiger partial charge in [0, 0.05) is 37.2 Å². The van der Waals surface area contributed by atoms with Crippen LogP contribution in [0, 0.1) is 0 Å². The number of nitrogens with two attached hydrogens (primary N) is 1. The molecule has 3 rings (SSSR count). The number of aliphatic imine (C=N–C) groups is 1. The minimum atomic E-state index is -0.245. The van der Waals surface area contributed by atoms with Crippen LogP contribution in [-0.2, 0) is 9.47 Å². The van der Waals surface area contributed by atoms with Crippen LogP contribution in [0.3, 0.4) is 0 Å². The lowest BCUT2D eigenvalue weighted by Gasteiger charge is -2.34. The fourth-order valence-corrected chi connectivity index (χ4v) is 4.17. The molecule has 0 radical (unpaired) electrons. The van der Waals surface area contributed by atoms with E-state index in [4.69, 9.17) is 26.8 Å². The highest BCUT2D eigenvalue weighted by Crippen LogP contribution is 2.28. The standard InChI is InChI=1S/C21H32ClN5O3/c1-2-30-21(28)27-9-7-16(8-10-27)25-20(23)24-15-19(26-11-13-29-14-12-26)17-5-3-4-6-18(17)22/h3-6,16,19H,2,7-15H2,1H3,(H3,23,24,25). The summed E-state index contributed by atoms with van der Waals surface area (Å²) in [7, 11) is 0. The zero-order valence-corrected chi connectivity index (χ0v) is 18.3. The van der Waals surface area contributed by atoms with Gasteiger partial charge in [-0.3, -0.25) is 9.89 Å². The number of guanidine groups is 1. The summed E-state index contributed by atoms with van der Waals surface area (Å²) in [6.45, 7) is 7.12. The van der Waals surface area contributed by atoms with E-state index in [0.29, 0.717) is 45.4 Å². The van der Waals surface area contributed by atoms with E-state index >= 15 is 0 Å². The van der Waals surface area contributed by atoms with Crippen LogP contribution in [0.4, 0.5) is 4.79 Å². The number of carbonyl (C=O) groups is 1. The largest absolute Gasteiger partial charge is 0.450 e. The Labute approximate surface area is 183 Å². The lowest BCUT2D eigenvalue weighted by atomic mass is 10.0. The first kappa shape index (κ1) is 22.7. The predicted octanol–water partition coefficient (Wildman–Crippen LogP) is 2.24. The van der Waals surface area contributed by atoms with Crippen molar-refractivity contribution in [1.82, 2.24) is 15.1 Å². The molecule has 30 heavy (non-hydrogen) atoms. The van der Waals surface area contributed by atoms with Crippen LogP contribution in [0.25, 0.3) is 0 Å². The van der Waals surface area contributed by atoms with Gasteiger partial charge < -0.3 is 25.4 Å². The molecule has 8 nitrogen and oxygen atoms in total. The van der Waals surface area contributed by atoms with Gasteiger partial charge in [0.2, 0.25) is 0 Å². The van der Waals surface area contributed by atoms with Crippen molar-refractivity contribution in [2.24, 2.45) is 10.7 Å². The Morgan fingerprint density at radius 1 is 1.30 bits per heavy atom. The predicted molar refractivity (Wildman–Crippen MR) is 118 cm³/mol. The van der Waals surface area contributed by atoms with Gasteiger partial charge in [-0.1, -0.05) is 29.8 Å². The molecule has 9 heteroatoms. The highest BCUT2D eigenvalue weighted by molar-refractivity contribution is 6.31. The summed E-state index contributed by atoms with van der Waals surface area (Å²) < 4.78 is 10.6. The molecule has 2 heterocycles. The third-order valence-corrected chi connectivity index (χ3v) is 5.90. The van der Waals surface area contributed by atoms with Crippen LogP contribution in [0.2, 0.25) is 5.02 Å². The molecule has 166 valence electrons. The van der Waals surface area contributed by atoms with Crippen LogP contribution < -0.4 is 11.1 Å². The van der Waals surface area contributed by atoms with Crippen molar-refractivity contribution in [1.29, 1.82) is 0 Å². The molecule has 1 atom stereocenters. The fourth-order valence-electron chi connectivity index (χ4n) is 3.91. The first-order chi connectivity index (χ1) is 14.6. The Hall–Kier alpha value is -2.03. The average molecular weight is 438 g/mol.